The second-order valence-electron chi connectivity index (χ2n) is 4.99. The van der Waals surface area contributed by atoms with Crippen LogP contribution in [0.3, 0.4) is 0 Å². The molecular formula is C14H17Cl2F. The van der Waals surface area contributed by atoms with Crippen LogP contribution in [-0.4, -0.2) is 5.38 Å². The summed E-state index contributed by atoms with van der Waals surface area (Å²) in [6.07, 6.45) is 4.16. The highest BCUT2D eigenvalue weighted by Crippen LogP contribution is 2.38. The molecule has 0 spiro atoms. The topological polar surface area (TPSA) is 0 Å². The molecule has 17 heavy (non-hydrogen) atoms. The Morgan fingerprint density at radius 3 is 2.76 bits per heavy atom. The summed E-state index contributed by atoms with van der Waals surface area (Å²) in [5.74, 6) is 0.893. The lowest BCUT2D eigenvalue weighted by Gasteiger charge is -2.22. The van der Waals surface area contributed by atoms with Crippen molar-refractivity contribution in [3.63, 3.8) is 0 Å². The van der Waals surface area contributed by atoms with Crippen molar-refractivity contribution in [2.75, 3.05) is 0 Å². The Morgan fingerprint density at radius 1 is 1.41 bits per heavy atom. The van der Waals surface area contributed by atoms with Gasteiger partial charge in [0.2, 0.25) is 0 Å². The number of hydrogen-bond acceptors (Lipinski definition) is 0. The number of benzene rings is 1. The molecular weight excluding hydrogens is 258 g/mol. The highest BCUT2D eigenvalue weighted by molar-refractivity contribution is 6.31. The van der Waals surface area contributed by atoms with Gasteiger partial charge in [-0.15, -0.1) is 11.6 Å². The minimum atomic E-state index is -0.242. The fraction of sp³-hybridized carbons (Fsp3) is 0.571. The van der Waals surface area contributed by atoms with Gasteiger partial charge in [0.05, 0.1) is 0 Å². The van der Waals surface area contributed by atoms with E-state index in [-0.39, 0.29) is 11.2 Å². The fourth-order valence-corrected chi connectivity index (χ4v) is 3.55. The van der Waals surface area contributed by atoms with Crippen LogP contribution in [0.2, 0.25) is 5.02 Å². The average molecular weight is 275 g/mol. The van der Waals surface area contributed by atoms with E-state index in [4.69, 9.17) is 23.2 Å². The Kier molecular flexibility index (Phi) is 4.32. The zero-order valence-corrected chi connectivity index (χ0v) is 11.4. The smallest absolute Gasteiger partial charge is 0.127 e. The number of rotatable bonds is 3. The van der Waals surface area contributed by atoms with Crippen LogP contribution in [0.1, 0.15) is 31.7 Å². The van der Waals surface area contributed by atoms with E-state index in [1.807, 2.05) is 0 Å². The quantitative estimate of drug-likeness (QED) is 0.676. The molecule has 0 bridgehead atoms. The van der Waals surface area contributed by atoms with Crippen LogP contribution in [0.25, 0.3) is 0 Å². The molecule has 1 saturated carbocycles. The Morgan fingerprint density at radius 2 is 2.18 bits per heavy atom. The van der Waals surface area contributed by atoms with Gasteiger partial charge >= 0.3 is 0 Å². The Balaban J connectivity index is 2.10. The van der Waals surface area contributed by atoms with Crippen LogP contribution in [0.5, 0.6) is 0 Å². The molecule has 1 aliphatic carbocycles. The molecule has 0 N–H and O–H groups in total. The standard InChI is InChI=1S/C14H17Cl2F/c1-9-4-2-5-10(9)13(16)8-11-12(15)6-3-7-14(11)17/h3,6-7,9-10,13H,2,4-5,8H2,1H3. The Bertz CT molecular complexity index is 372. The lowest BCUT2D eigenvalue weighted by molar-refractivity contribution is 0.396. The van der Waals surface area contributed by atoms with Crippen molar-refractivity contribution in [3.8, 4) is 0 Å². The molecule has 0 aromatic heterocycles. The molecule has 0 aliphatic heterocycles. The van der Waals surface area contributed by atoms with E-state index in [9.17, 15) is 4.39 Å². The second kappa shape index (κ2) is 5.58. The van der Waals surface area contributed by atoms with Crippen LogP contribution in [0.4, 0.5) is 4.39 Å². The third-order valence-corrected chi connectivity index (χ3v) is 4.69. The summed E-state index contributed by atoms with van der Waals surface area (Å²) < 4.78 is 13.7. The molecule has 0 radical (unpaired) electrons. The summed E-state index contributed by atoms with van der Waals surface area (Å²) in [5.41, 5.74) is 0.563. The first kappa shape index (κ1) is 13.2. The first-order valence-electron chi connectivity index (χ1n) is 6.16. The molecule has 1 aromatic carbocycles. The molecule has 2 rings (SSSR count). The lowest BCUT2D eigenvalue weighted by Crippen LogP contribution is -2.20. The molecule has 0 heterocycles. The van der Waals surface area contributed by atoms with Crippen molar-refractivity contribution < 1.29 is 4.39 Å². The molecule has 0 amide bonds. The van der Waals surface area contributed by atoms with E-state index in [2.05, 4.69) is 6.92 Å². The lowest BCUT2D eigenvalue weighted by atomic mass is 9.91. The van der Waals surface area contributed by atoms with Crippen molar-refractivity contribution in [1.82, 2.24) is 0 Å². The summed E-state index contributed by atoms with van der Waals surface area (Å²) in [5, 5.41) is 0.475. The van der Waals surface area contributed by atoms with Gasteiger partial charge in [0.1, 0.15) is 5.82 Å². The Labute approximate surface area is 112 Å². The van der Waals surface area contributed by atoms with E-state index in [0.717, 1.165) is 6.42 Å². The SMILES string of the molecule is CC1CCCC1C(Cl)Cc1c(F)cccc1Cl. The van der Waals surface area contributed by atoms with Crippen LogP contribution >= 0.6 is 23.2 Å². The summed E-state index contributed by atoms with van der Waals surface area (Å²) in [4.78, 5) is 0. The third-order valence-electron chi connectivity index (χ3n) is 3.85. The molecule has 1 aliphatic rings. The second-order valence-corrected chi connectivity index (χ2v) is 5.96. The first-order chi connectivity index (χ1) is 8.09. The largest absolute Gasteiger partial charge is 0.207 e. The van der Waals surface area contributed by atoms with Gasteiger partial charge in [-0.1, -0.05) is 37.4 Å². The third kappa shape index (κ3) is 2.95. The minimum Gasteiger partial charge on any atom is -0.207 e. The summed E-state index contributed by atoms with van der Waals surface area (Å²) in [6.45, 7) is 2.23. The average Bonchev–Trinajstić information content (AvgIpc) is 2.70. The maximum absolute atomic E-state index is 13.7. The fourth-order valence-electron chi connectivity index (χ4n) is 2.79. The number of alkyl halides is 1. The van der Waals surface area contributed by atoms with E-state index in [1.165, 1.54) is 18.9 Å². The zero-order valence-electron chi connectivity index (χ0n) is 9.93. The molecule has 3 unspecified atom stereocenters. The van der Waals surface area contributed by atoms with Crippen molar-refractivity contribution in [3.05, 3.63) is 34.6 Å². The highest BCUT2D eigenvalue weighted by Gasteiger charge is 2.30. The van der Waals surface area contributed by atoms with Crippen molar-refractivity contribution >= 4 is 23.2 Å². The zero-order chi connectivity index (χ0) is 12.4. The highest BCUT2D eigenvalue weighted by atomic mass is 35.5. The van der Waals surface area contributed by atoms with Gasteiger partial charge < -0.3 is 0 Å². The van der Waals surface area contributed by atoms with E-state index >= 15 is 0 Å². The van der Waals surface area contributed by atoms with Gasteiger partial charge in [-0.05, 0) is 36.8 Å². The van der Waals surface area contributed by atoms with E-state index < -0.39 is 0 Å². The normalized spacial score (nSPS) is 26.1. The molecule has 3 atom stereocenters. The van der Waals surface area contributed by atoms with E-state index in [1.54, 1.807) is 12.1 Å². The van der Waals surface area contributed by atoms with E-state index in [0.29, 0.717) is 28.8 Å². The van der Waals surface area contributed by atoms with Crippen molar-refractivity contribution in [2.24, 2.45) is 11.8 Å². The summed E-state index contributed by atoms with van der Waals surface area (Å²) in [7, 11) is 0. The molecule has 0 nitrogen and oxygen atoms in total. The van der Waals surface area contributed by atoms with Gasteiger partial charge in [0.25, 0.3) is 0 Å². The number of halogens is 3. The van der Waals surface area contributed by atoms with Gasteiger partial charge in [-0.2, -0.15) is 0 Å². The van der Waals surface area contributed by atoms with Crippen molar-refractivity contribution in [1.29, 1.82) is 0 Å². The van der Waals surface area contributed by atoms with Crippen LogP contribution in [-0.2, 0) is 6.42 Å². The maximum atomic E-state index is 13.7. The predicted molar refractivity (Wildman–Crippen MR) is 71.3 cm³/mol. The monoisotopic (exact) mass is 274 g/mol. The number of hydrogen-bond donors (Lipinski definition) is 0. The molecule has 1 aromatic rings. The first-order valence-corrected chi connectivity index (χ1v) is 6.98. The van der Waals surface area contributed by atoms with Gasteiger partial charge in [-0.3, -0.25) is 0 Å². The van der Waals surface area contributed by atoms with Crippen molar-refractivity contribution in [2.45, 2.75) is 38.0 Å². The maximum Gasteiger partial charge on any atom is 0.127 e. The van der Waals surface area contributed by atoms with Crippen LogP contribution < -0.4 is 0 Å². The predicted octanol–water partition coefficient (Wildman–Crippen LogP) is 5.07. The molecule has 1 fully saturated rings. The van der Waals surface area contributed by atoms with Crippen LogP contribution in [0.15, 0.2) is 18.2 Å². The van der Waals surface area contributed by atoms with Gasteiger partial charge in [0.15, 0.2) is 0 Å². The Hall–Kier alpha value is -0.270. The van der Waals surface area contributed by atoms with Crippen LogP contribution in [0, 0.1) is 17.7 Å². The molecule has 3 heteroatoms. The van der Waals surface area contributed by atoms with Gasteiger partial charge in [-0.25, -0.2) is 4.39 Å². The minimum absolute atomic E-state index is 0.0121. The summed E-state index contributed by atoms with van der Waals surface area (Å²) in [6, 6.07) is 4.80. The summed E-state index contributed by atoms with van der Waals surface area (Å²) >= 11 is 12.5. The molecule has 0 saturated heterocycles. The molecule has 94 valence electrons. The van der Waals surface area contributed by atoms with Gasteiger partial charge in [0, 0.05) is 16.0 Å².